The van der Waals surface area contributed by atoms with Crippen LogP contribution in [-0.4, -0.2) is 69.7 Å². The first-order valence-corrected chi connectivity index (χ1v) is 10.7. The number of aliphatic hydroxyl groups excluding tert-OH is 1. The van der Waals surface area contributed by atoms with Crippen LogP contribution in [0.5, 0.6) is 5.75 Å². The maximum atomic E-state index is 13.2. The predicted octanol–water partition coefficient (Wildman–Crippen LogP) is 2.81. The summed E-state index contributed by atoms with van der Waals surface area (Å²) in [6.45, 7) is 8.39. The molecule has 1 aromatic heterocycles. The van der Waals surface area contributed by atoms with Crippen LogP contribution in [0.15, 0.2) is 29.8 Å². The molecule has 1 fully saturated rings. The Hall–Kier alpha value is -3.13. The summed E-state index contributed by atoms with van der Waals surface area (Å²) in [5, 5.41) is 15.7. The van der Waals surface area contributed by atoms with Crippen LogP contribution in [-0.2, 0) is 16.6 Å². The molecule has 1 aliphatic rings. The second-order valence-electron chi connectivity index (χ2n) is 8.70. The van der Waals surface area contributed by atoms with Gasteiger partial charge in [0, 0.05) is 25.8 Å². The number of rotatable bonds is 7. The third kappa shape index (κ3) is 4.41. The molecule has 2 heterocycles. The van der Waals surface area contributed by atoms with Gasteiger partial charge in [-0.05, 0) is 59.5 Å². The molecule has 1 atom stereocenters. The number of ether oxygens (including phenoxy) is 1. The van der Waals surface area contributed by atoms with Gasteiger partial charge in [0.2, 0.25) is 0 Å². The molecule has 0 bridgehead atoms. The second-order valence-corrected chi connectivity index (χ2v) is 8.70. The molecule has 172 valence electrons. The zero-order chi connectivity index (χ0) is 23.7. The molecule has 1 aromatic carbocycles. The van der Waals surface area contributed by atoms with E-state index >= 15 is 0 Å². The second kappa shape index (κ2) is 9.16. The number of hydrogen-bond acceptors (Lipinski definition) is 6. The standard InChI is InChI=1S/C24H32N4O4/c1-14(2)32-18-10-8-9-17(13-18)21-20(22(29)19-15(3)25-27(7)16(19)4)23(30)24(31)28(21)12-11-26(5)6/h8-10,13-14,21,29H,11-12H2,1-7H3/t21-/m0/s1. The van der Waals surface area contributed by atoms with Gasteiger partial charge in [-0.2, -0.15) is 5.10 Å². The summed E-state index contributed by atoms with van der Waals surface area (Å²) in [6, 6.07) is 6.63. The molecule has 1 N–H and O–H groups in total. The highest BCUT2D eigenvalue weighted by Gasteiger charge is 2.46. The molecule has 2 aromatic rings. The lowest BCUT2D eigenvalue weighted by molar-refractivity contribution is -0.140. The first-order valence-electron chi connectivity index (χ1n) is 10.7. The van der Waals surface area contributed by atoms with Crippen molar-refractivity contribution in [2.75, 3.05) is 27.2 Å². The van der Waals surface area contributed by atoms with E-state index in [0.717, 1.165) is 5.69 Å². The lowest BCUT2D eigenvalue weighted by Crippen LogP contribution is -2.35. The molecule has 0 spiro atoms. The number of carbonyl (C=O) groups excluding carboxylic acids is 2. The van der Waals surface area contributed by atoms with Crippen molar-refractivity contribution in [2.24, 2.45) is 7.05 Å². The molecule has 1 saturated heterocycles. The number of nitrogens with zero attached hydrogens (tertiary/aromatic N) is 4. The Morgan fingerprint density at radius 3 is 2.50 bits per heavy atom. The van der Waals surface area contributed by atoms with Crippen molar-refractivity contribution in [1.29, 1.82) is 0 Å². The highest BCUT2D eigenvalue weighted by atomic mass is 16.5. The van der Waals surface area contributed by atoms with Gasteiger partial charge < -0.3 is 19.6 Å². The molecule has 3 rings (SSSR count). The topological polar surface area (TPSA) is 87.9 Å². The zero-order valence-electron chi connectivity index (χ0n) is 19.8. The van der Waals surface area contributed by atoms with E-state index in [4.69, 9.17) is 4.74 Å². The fraction of sp³-hybridized carbons (Fsp3) is 0.458. The van der Waals surface area contributed by atoms with E-state index in [1.165, 1.54) is 4.90 Å². The number of Topliss-reactive ketones (excluding diaryl/α,β-unsaturated/α-hetero) is 1. The summed E-state index contributed by atoms with van der Waals surface area (Å²) in [6.07, 6.45) is -0.0222. The number of amides is 1. The van der Waals surface area contributed by atoms with Crippen LogP contribution in [0.4, 0.5) is 0 Å². The quantitative estimate of drug-likeness (QED) is 0.405. The molecule has 8 heteroatoms. The van der Waals surface area contributed by atoms with Crippen LogP contribution in [0.3, 0.4) is 0 Å². The highest BCUT2D eigenvalue weighted by molar-refractivity contribution is 6.46. The van der Waals surface area contributed by atoms with Gasteiger partial charge >= 0.3 is 0 Å². The number of carbonyl (C=O) groups is 2. The Morgan fingerprint density at radius 2 is 1.94 bits per heavy atom. The number of likely N-dealkylation sites (tertiary alicyclic amines) is 1. The van der Waals surface area contributed by atoms with Crippen LogP contribution in [0.25, 0.3) is 5.76 Å². The van der Waals surface area contributed by atoms with Gasteiger partial charge in [-0.25, -0.2) is 0 Å². The molecule has 0 unspecified atom stereocenters. The lowest BCUT2D eigenvalue weighted by Gasteiger charge is -2.27. The number of aliphatic hydroxyl groups is 1. The van der Waals surface area contributed by atoms with E-state index in [2.05, 4.69) is 5.10 Å². The van der Waals surface area contributed by atoms with Crippen molar-refractivity contribution in [1.82, 2.24) is 19.6 Å². The van der Waals surface area contributed by atoms with Crippen LogP contribution < -0.4 is 4.74 Å². The van der Waals surface area contributed by atoms with Crippen LogP contribution in [0.2, 0.25) is 0 Å². The van der Waals surface area contributed by atoms with Gasteiger partial charge in [-0.1, -0.05) is 12.1 Å². The largest absolute Gasteiger partial charge is 0.507 e. The summed E-state index contributed by atoms with van der Waals surface area (Å²) < 4.78 is 7.49. The van der Waals surface area contributed by atoms with Crippen molar-refractivity contribution in [3.8, 4) is 5.75 Å². The third-order valence-electron chi connectivity index (χ3n) is 5.62. The first-order chi connectivity index (χ1) is 15.0. The fourth-order valence-corrected chi connectivity index (χ4v) is 4.05. The number of ketones is 1. The Labute approximate surface area is 189 Å². The van der Waals surface area contributed by atoms with Gasteiger partial charge in [0.1, 0.15) is 11.5 Å². The Kier molecular flexibility index (Phi) is 6.74. The summed E-state index contributed by atoms with van der Waals surface area (Å²) in [5.41, 5.74) is 2.59. The van der Waals surface area contributed by atoms with Crippen molar-refractivity contribution >= 4 is 17.4 Å². The molecule has 32 heavy (non-hydrogen) atoms. The van der Waals surface area contributed by atoms with Crippen LogP contribution in [0.1, 0.15) is 42.4 Å². The molecule has 0 saturated carbocycles. The minimum atomic E-state index is -0.718. The van der Waals surface area contributed by atoms with Gasteiger partial charge in [-0.3, -0.25) is 14.3 Å². The average Bonchev–Trinajstić information content (AvgIpc) is 3.11. The molecule has 0 aliphatic carbocycles. The normalized spacial score (nSPS) is 18.3. The maximum absolute atomic E-state index is 13.2. The van der Waals surface area contributed by atoms with E-state index < -0.39 is 17.7 Å². The van der Waals surface area contributed by atoms with E-state index in [0.29, 0.717) is 35.7 Å². The number of aromatic nitrogens is 2. The Bertz CT molecular complexity index is 1070. The van der Waals surface area contributed by atoms with Crippen molar-refractivity contribution < 1.29 is 19.4 Å². The smallest absolute Gasteiger partial charge is 0.295 e. The third-order valence-corrected chi connectivity index (χ3v) is 5.62. The Balaban J connectivity index is 2.20. The van der Waals surface area contributed by atoms with Crippen LogP contribution >= 0.6 is 0 Å². The van der Waals surface area contributed by atoms with Gasteiger partial charge in [0.15, 0.2) is 0 Å². The summed E-state index contributed by atoms with van der Waals surface area (Å²) in [5.74, 6) is -0.861. The average molecular weight is 441 g/mol. The van der Waals surface area contributed by atoms with Gasteiger partial charge in [0.05, 0.1) is 29.0 Å². The molecule has 0 radical (unpaired) electrons. The van der Waals surface area contributed by atoms with Crippen LogP contribution in [0, 0.1) is 13.8 Å². The van der Waals surface area contributed by atoms with E-state index in [1.807, 2.05) is 64.0 Å². The number of hydrogen-bond donors (Lipinski definition) is 1. The van der Waals surface area contributed by atoms with Gasteiger partial charge in [0.25, 0.3) is 11.7 Å². The van der Waals surface area contributed by atoms with Crippen molar-refractivity contribution in [3.63, 3.8) is 0 Å². The van der Waals surface area contributed by atoms with E-state index in [1.54, 1.807) is 18.7 Å². The molecular weight excluding hydrogens is 408 g/mol. The minimum Gasteiger partial charge on any atom is -0.507 e. The maximum Gasteiger partial charge on any atom is 0.295 e. The SMILES string of the molecule is Cc1nn(C)c(C)c1C(O)=C1C(=O)C(=O)N(CCN(C)C)[C@H]1c1cccc(OC(C)C)c1. The monoisotopic (exact) mass is 440 g/mol. The number of likely N-dealkylation sites (N-methyl/N-ethyl adjacent to an activating group) is 1. The first kappa shape index (κ1) is 23.5. The number of benzene rings is 1. The predicted molar refractivity (Wildman–Crippen MR) is 122 cm³/mol. The van der Waals surface area contributed by atoms with Crippen molar-refractivity contribution in [3.05, 3.63) is 52.4 Å². The fourth-order valence-electron chi connectivity index (χ4n) is 4.05. The molecule has 1 amide bonds. The molecule has 1 aliphatic heterocycles. The minimum absolute atomic E-state index is 0.0222. The summed E-state index contributed by atoms with van der Waals surface area (Å²) in [7, 11) is 5.59. The molecule has 8 nitrogen and oxygen atoms in total. The summed E-state index contributed by atoms with van der Waals surface area (Å²) >= 11 is 0. The van der Waals surface area contributed by atoms with Crippen molar-refractivity contribution in [2.45, 2.75) is 39.8 Å². The lowest BCUT2D eigenvalue weighted by atomic mass is 9.94. The van der Waals surface area contributed by atoms with E-state index in [9.17, 15) is 14.7 Å². The summed E-state index contributed by atoms with van der Waals surface area (Å²) in [4.78, 5) is 29.7. The van der Waals surface area contributed by atoms with Gasteiger partial charge in [-0.15, -0.1) is 0 Å². The number of aryl methyl sites for hydroxylation is 2. The Morgan fingerprint density at radius 1 is 1.25 bits per heavy atom. The zero-order valence-corrected chi connectivity index (χ0v) is 19.8. The van der Waals surface area contributed by atoms with E-state index in [-0.39, 0.29) is 17.4 Å². The molecular formula is C24H32N4O4. The highest BCUT2D eigenvalue weighted by Crippen LogP contribution is 2.41.